The van der Waals surface area contributed by atoms with Crippen molar-refractivity contribution in [3.8, 4) is 0 Å². The smallest absolute Gasteiger partial charge is 0.245 e. The number of hydrogen-bond acceptors (Lipinski definition) is 5. The maximum atomic E-state index is 14.2. The van der Waals surface area contributed by atoms with Gasteiger partial charge >= 0.3 is 0 Å². The van der Waals surface area contributed by atoms with E-state index < -0.39 is 23.2 Å². The van der Waals surface area contributed by atoms with E-state index in [1.807, 2.05) is 0 Å². The van der Waals surface area contributed by atoms with Gasteiger partial charge in [0.1, 0.15) is 17.2 Å². The maximum Gasteiger partial charge on any atom is 0.245 e. The number of aliphatic hydroxyl groups excluding tert-OH is 1. The first-order valence-electron chi connectivity index (χ1n) is 13.1. The van der Waals surface area contributed by atoms with Gasteiger partial charge in [-0.05, 0) is 70.1 Å². The van der Waals surface area contributed by atoms with Gasteiger partial charge in [-0.15, -0.1) is 0 Å². The minimum atomic E-state index is -0.948. The highest BCUT2D eigenvalue weighted by atomic mass is 19.1. The van der Waals surface area contributed by atoms with Crippen molar-refractivity contribution in [3.05, 3.63) is 47.4 Å². The summed E-state index contributed by atoms with van der Waals surface area (Å²) in [4.78, 5) is 30.2. The highest BCUT2D eigenvalue weighted by molar-refractivity contribution is 5.93. The van der Waals surface area contributed by atoms with Gasteiger partial charge in [-0.25, -0.2) is 13.8 Å². The lowest BCUT2D eigenvalue weighted by Crippen LogP contribution is -2.51. The standard InChI is InChI=1S/C27H37F2N5O3/c1-16(31-20-9-8-17-10-19(28)11-22(29)21(17)12-20)25(36)33-24-13-34(15-30-24)27(2,3)26(37)32-23-7-5-4-6-18(23)14-35/h10-11,13,15-16,18,20,23,31,35H,4-9,12,14H2,1-3H3,(H,32,37)(H,33,36)/t16?,18-,20?,23-/m1/s1. The fourth-order valence-corrected chi connectivity index (χ4v) is 5.36. The molecule has 4 rings (SSSR count). The Bertz CT molecular complexity index is 1140. The molecule has 2 aliphatic carbocycles. The fourth-order valence-electron chi connectivity index (χ4n) is 5.36. The first-order chi connectivity index (χ1) is 17.6. The summed E-state index contributed by atoms with van der Waals surface area (Å²) in [6.07, 6.45) is 8.55. The number of benzene rings is 1. The molecule has 2 aromatic rings. The summed E-state index contributed by atoms with van der Waals surface area (Å²) < 4.78 is 29.4. The zero-order valence-electron chi connectivity index (χ0n) is 21.7. The molecule has 4 N–H and O–H groups in total. The zero-order valence-corrected chi connectivity index (χ0v) is 21.7. The number of aryl methyl sites for hydroxylation is 1. The minimum Gasteiger partial charge on any atom is -0.396 e. The van der Waals surface area contributed by atoms with E-state index in [0.717, 1.165) is 31.7 Å². The average Bonchev–Trinajstić information content (AvgIpc) is 3.34. The Hall–Kier alpha value is -2.85. The molecule has 202 valence electrons. The SMILES string of the molecule is CC(NC1CCc2cc(F)cc(F)c2C1)C(=O)Nc1cn(C(C)(C)C(=O)N[C@@H]2CCCC[C@@H]2CO)cn1. The molecular weight excluding hydrogens is 480 g/mol. The first kappa shape index (κ1) is 27.2. The predicted octanol–water partition coefficient (Wildman–Crippen LogP) is 3.04. The van der Waals surface area contributed by atoms with Crippen LogP contribution in [0, 0.1) is 17.6 Å². The summed E-state index contributed by atoms with van der Waals surface area (Å²) in [6, 6.07) is 1.53. The van der Waals surface area contributed by atoms with Crippen molar-refractivity contribution in [1.29, 1.82) is 0 Å². The number of amides is 2. The molecular formula is C27H37F2N5O3. The lowest BCUT2D eigenvalue weighted by Gasteiger charge is -2.34. The topological polar surface area (TPSA) is 108 Å². The molecule has 1 heterocycles. The van der Waals surface area contributed by atoms with Crippen LogP contribution in [0.4, 0.5) is 14.6 Å². The highest BCUT2D eigenvalue weighted by Crippen LogP contribution is 2.27. The first-order valence-corrected chi connectivity index (χ1v) is 13.1. The van der Waals surface area contributed by atoms with Gasteiger partial charge in [-0.3, -0.25) is 9.59 Å². The molecule has 0 spiro atoms. The molecule has 10 heteroatoms. The molecule has 2 unspecified atom stereocenters. The van der Waals surface area contributed by atoms with E-state index in [1.165, 1.54) is 12.4 Å². The Morgan fingerprint density at radius 1 is 1.22 bits per heavy atom. The van der Waals surface area contributed by atoms with Gasteiger partial charge < -0.3 is 25.6 Å². The average molecular weight is 518 g/mol. The number of halogens is 2. The third-order valence-electron chi connectivity index (χ3n) is 7.84. The van der Waals surface area contributed by atoms with Gasteiger partial charge in [0.05, 0.1) is 12.4 Å². The molecule has 1 fully saturated rings. The number of nitrogens with one attached hydrogen (secondary N) is 3. The summed E-state index contributed by atoms with van der Waals surface area (Å²) in [5.41, 5.74) is 0.229. The van der Waals surface area contributed by atoms with Gasteiger partial charge in [0.2, 0.25) is 11.8 Å². The van der Waals surface area contributed by atoms with E-state index in [0.29, 0.717) is 36.2 Å². The Morgan fingerprint density at radius 2 is 1.97 bits per heavy atom. The van der Waals surface area contributed by atoms with Crippen LogP contribution >= 0.6 is 0 Å². The Balaban J connectivity index is 1.33. The second-order valence-electron chi connectivity index (χ2n) is 10.9. The summed E-state index contributed by atoms with van der Waals surface area (Å²) in [5.74, 6) is -1.21. The fraction of sp³-hybridized carbons (Fsp3) is 0.593. The third-order valence-corrected chi connectivity index (χ3v) is 7.84. The van der Waals surface area contributed by atoms with Crippen LogP contribution in [0.25, 0.3) is 0 Å². The van der Waals surface area contributed by atoms with Crippen molar-refractivity contribution in [2.45, 2.75) is 89.4 Å². The van der Waals surface area contributed by atoms with Gasteiger partial charge in [0.15, 0.2) is 5.82 Å². The second-order valence-corrected chi connectivity index (χ2v) is 10.9. The van der Waals surface area contributed by atoms with Crippen LogP contribution < -0.4 is 16.0 Å². The van der Waals surface area contributed by atoms with Crippen LogP contribution in [0.5, 0.6) is 0 Å². The highest BCUT2D eigenvalue weighted by Gasteiger charge is 2.34. The van der Waals surface area contributed by atoms with Crippen molar-refractivity contribution >= 4 is 17.6 Å². The van der Waals surface area contributed by atoms with Gasteiger partial charge in [-0.2, -0.15) is 0 Å². The largest absolute Gasteiger partial charge is 0.396 e. The minimum absolute atomic E-state index is 0.0553. The number of anilines is 1. The molecule has 0 aliphatic heterocycles. The van der Waals surface area contributed by atoms with Crippen molar-refractivity contribution in [3.63, 3.8) is 0 Å². The van der Waals surface area contributed by atoms with Gasteiger partial charge in [0, 0.05) is 36.9 Å². The summed E-state index contributed by atoms with van der Waals surface area (Å²) >= 11 is 0. The number of aromatic nitrogens is 2. The quantitative estimate of drug-likeness (QED) is 0.431. The Morgan fingerprint density at radius 3 is 2.73 bits per heavy atom. The zero-order chi connectivity index (χ0) is 26.7. The van der Waals surface area contributed by atoms with E-state index in [1.54, 1.807) is 31.5 Å². The molecule has 2 aliphatic rings. The second kappa shape index (κ2) is 11.3. The lowest BCUT2D eigenvalue weighted by molar-refractivity contribution is -0.130. The van der Waals surface area contributed by atoms with E-state index in [4.69, 9.17) is 0 Å². The normalized spacial score (nSPS) is 22.7. The van der Waals surface area contributed by atoms with Crippen LogP contribution in [0.3, 0.4) is 0 Å². The van der Waals surface area contributed by atoms with Crippen molar-refractivity contribution in [1.82, 2.24) is 20.2 Å². The molecule has 37 heavy (non-hydrogen) atoms. The van der Waals surface area contributed by atoms with E-state index in [2.05, 4.69) is 20.9 Å². The van der Waals surface area contributed by atoms with Crippen molar-refractivity contribution in [2.75, 3.05) is 11.9 Å². The number of hydrogen-bond donors (Lipinski definition) is 4. The molecule has 0 bridgehead atoms. The molecule has 1 saturated carbocycles. The van der Waals surface area contributed by atoms with Crippen molar-refractivity contribution in [2.24, 2.45) is 5.92 Å². The Labute approximate surface area is 216 Å². The number of carbonyl (C=O) groups excluding carboxylic acids is 2. The molecule has 1 aromatic carbocycles. The molecule has 2 amide bonds. The number of imidazole rings is 1. The number of rotatable bonds is 8. The lowest BCUT2D eigenvalue weighted by atomic mass is 9.84. The molecule has 0 radical (unpaired) electrons. The van der Waals surface area contributed by atoms with Crippen LogP contribution in [0.1, 0.15) is 64.0 Å². The van der Waals surface area contributed by atoms with E-state index in [9.17, 15) is 23.5 Å². The van der Waals surface area contributed by atoms with Crippen LogP contribution in [0.2, 0.25) is 0 Å². The van der Waals surface area contributed by atoms with Crippen LogP contribution in [0.15, 0.2) is 24.7 Å². The summed E-state index contributed by atoms with van der Waals surface area (Å²) in [7, 11) is 0. The monoisotopic (exact) mass is 517 g/mol. The number of aliphatic hydroxyl groups is 1. The molecule has 4 atom stereocenters. The Kier molecular flexibility index (Phi) is 8.28. The number of carbonyl (C=O) groups is 2. The number of nitrogens with zero attached hydrogens (tertiary/aromatic N) is 2. The summed E-state index contributed by atoms with van der Waals surface area (Å²) in [6.45, 7) is 5.34. The number of fused-ring (bicyclic) bond motifs is 1. The molecule has 8 nitrogen and oxygen atoms in total. The van der Waals surface area contributed by atoms with E-state index >= 15 is 0 Å². The maximum absolute atomic E-state index is 14.2. The predicted molar refractivity (Wildman–Crippen MR) is 136 cm³/mol. The summed E-state index contributed by atoms with van der Waals surface area (Å²) in [5, 5.41) is 18.8. The van der Waals surface area contributed by atoms with Crippen molar-refractivity contribution < 1.29 is 23.5 Å². The third kappa shape index (κ3) is 6.18. The molecule has 0 saturated heterocycles. The van der Waals surface area contributed by atoms with Crippen LogP contribution in [-0.2, 0) is 28.0 Å². The van der Waals surface area contributed by atoms with Gasteiger partial charge in [-0.1, -0.05) is 12.8 Å². The van der Waals surface area contributed by atoms with E-state index in [-0.39, 0.29) is 36.4 Å². The van der Waals surface area contributed by atoms with Gasteiger partial charge in [0.25, 0.3) is 0 Å². The van der Waals surface area contributed by atoms with Crippen LogP contribution in [-0.4, -0.2) is 51.2 Å². The molecule has 1 aromatic heterocycles.